The molecular weight excluding hydrogens is 431 g/mol. The predicted octanol–water partition coefficient (Wildman–Crippen LogP) is 3.45. The second-order valence-corrected chi connectivity index (χ2v) is 9.36. The van der Waals surface area contributed by atoms with Crippen LogP contribution in [0.3, 0.4) is 0 Å². The fourth-order valence-electron chi connectivity index (χ4n) is 4.23. The molecule has 166 valence electrons. The first-order chi connectivity index (χ1) is 14.6. The van der Waals surface area contributed by atoms with E-state index in [9.17, 15) is 27.3 Å². The molecule has 3 atom stereocenters. The monoisotopic (exact) mass is 453 g/mol. The molecule has 0 amide bonds. The Balaban J connectivity index is 1.46. The van der Waals surface area contributed by atoms with Crippen molar-refractivity contribution in [1.82, 2.24) is 9.29 Å². The maximum absolute atomic E-state index is 13.2. The lowest BCUT2D eigenvalue weighted by atomic mass is 10.0. The third-order valence-electron chi connectivity index (χ3n) is 5.89. The van der Waals surface area contributed by atoms with Crippen LogP contribution in [0.25, 0.3) is 0 Å². The predicted molar refractivity (Wildman–Crippen MR) is 109 cm³/mol. The summed E-state index contributed by atoms with van der Waals surface area (Å²) in [7, 11) is -1.45. The van der Waals surface area contributed by atoms with Crippen LogP contribution in [0.5, 0.6) is 0 Å². The summed E-state index contributed by atoms with van der Waals surface area (Å²) >= 11 is 0. The molecule has 1 aliphatic carbocycles. The maximum Gasteiger partial charge on any atom is 0.417 e. The molecule has 1 aliphatic heterocycles. The Kier molecular flexibility index (Phi) is 5.78. The third-order valence-corrected chi connectivity index (χ3v) is 7.35. The Morgan fingerprint density at radius 2 is 2.00 bits per heavy atom. The largest absolute Gasteiger partial charge is 0.481 e. The molecule has 3 unspecified atom stereocenters. The molecule has 0 saturated carbocycles. The molecule has 0 spiro atoms. The number of aromatic nitrogens is 1. The quantitative estimate of drug-likeness (QED) is 0.768. The molecule has 2 aliphatic rings. The van der Waals surface area contributed by atoms with E-state index in [0.29, 0.717) is 43.2 Å². The number of fused-ring (bicyclic) bond motifs is 1. The molecule has 1 aromatic heterocycles. The van der Waals surface area contributed by atoms with E-state index in [1.807, 2.05) is 17.9 Å². The van der Waals surface area contributed by atoms with Gasteiger partial charge in [0.15, 0.2) is 0 Å². The van der Waals surface area contributed by atoms with Crippen LogP contribution in [0.1, 0.15) is 36.0 Å². The van der Waals surface area contributed by atoms with Gasteiger partial charge in [0, 0.05) is 31.9 Å². The number of carboxylic acids is 1. The molecule has 0 radical (unpaired) electrons. The fourth-order valence-corrected chi connectivity index (χ4v) is 5.54. The van der Waals surface area contributed by atoms with E-state index in [-0.39, 0.29) is 6.04 Å². The lowest BCUT2D eigenvalue weighted by molar-refractivity contribution is -0.139. The smallest absolute Gasteiger partial charge is 0.417 e. The van der Waals surface area contributed by atoms with Gasteiger partial charge in [0.05, 0.1) is 16.4 Å². The van der Waals surface area contributed by atoms with Crippen molar-refractivity contribution in [3.8, 4) is 0 Å². The number of rotatable bonds is 4. The van der Waals surface area contributed by atoms with Gasteiger partial charge >= 0.3 is 12.1 Å². The summed E-state index contributed by atoms with van der Waals surface area (Å²) in [6, 6.07) is 7.65. The van der Waals surface area contributed by atoms with Crippen molar-refractivity contribution in [2.75, 3.05) is 24.5 Å². The van der Waals surface area contributed by atoms with Gasteiger partial charge in [-0.05, 0) is 55.2 Å². The first-order valence-corrected chi connectivity index (χ1v) is 11.1. The lowest BCUT2D eigenvalue weighted by Gasteiger charge is -2.39. The van der Waals surface area contributed by atoms with E-state index in [0.717, 1.165) is 23.4 Å². The molecule has 1 saturated heterocycles. The fraction of sp³-hybridized carbons (Fsp3) is 0.429. The molecular formula is C21H22F3N3O3S. The molecule has 1 N–H and O–H groups in total. The number of aryl methyl sites for hydroxylation is 1. The Morgan fingerprint density at radius 1 is 1.23 bits per heavy atom. The summed E-state index contributed by atoms with van der Waals surface area (Å²) in [5, 5.41) is 9.41. The van der Waals surface area contributed by atoms with Crippen LogP contribution in [-0.2, 0) is 28.4 Å². The Labute approximate surface area is 180 Å². The highest BCUT2D eigenvalue weighted by atomic mass is 32.2. The number of benzene rings is 1. The number of aliphatic carboxylic acids is 1. The number of anilines is 1. The topological polar surface area (TPSA) is 73.7 Å². The van der Waals surface area contributed by atoms with Crippen molar-refractivity contribution >= 4 is 22.8 Å². The normalized spacial score (nSPS) is 22.9. The highest BCUT2D eigenvalue weighted by Gasteiger charge is 2.33. The number of carbonyl (C=O) groups is 1. The summed E-state index contributed by atoms with van der Waals surface area (Å²) in [6.07, 6.45) is -2.34. The number of alkyl halides is 3. The average Bonchev–Trinajstić information content (AvgIpc) is 3.16. The van der Waals surface area contributed by atoms with Gasteiger partial charge in [0.25, 0.3) is 0 Å². The van der Waals surface area contributed by atoms with E-state index in [1.54, 1.807) is 16.4 Å². The summed E-state index contributed by atoms with van der Waals surface area (Å²) < 4.78 is 53.2. The molecule has 10 heteroatoms. The van der Waals surface area contributed by atoms with Crippen LogP contribution in [0.15, 0.2) is 41.4 Å². The average molecular weight is 453 g/mol. The van der Waals surface area contributed by atoms with Crippen LogP contribution < -0.4 is 4.90 Å². The standard InChI is InChI=1S/C21H22F3N3O3S/c1-13-12-26(8-9-27(13)19-7-4-15(11-25-19)21(22,23)24)31(30)16-5-2-14-3-6-17(20(28)29)18(14)10-16/h2,4-5,7,10-11,13,17H,3,6,8-9,12H2,1H3,(H,28,29). The summed E-state index contributed by atoms with van der Waals surface area (Å²) in [5.74, 6) is -0.978. The Bertz CT molecular complexity index is 1010. The molecule has 1 fully saturated rings. The van der Waals surface area contributed by atoms with Crippen LogP contribution in [0.4, 0.5) is 19.0 Å². The van der Waals surface area contributed by atoms with Crippen LogP contribution in [-0.4, -0.2) is 50.3 Å². The highest BCUT2D eigenvalue weighted by molar-refractivity contribution is 7.82. The first kappa shape index (κ1) is 21.8. The van der Waals surface area contributed by atoms with Crippen molar-refractivity contribution in [2.24, 2.45) is 0 Å². The Hall–Kier alpha value is -2.46. The van der Waals surface area contributed by atoms with Crippen LogP contribution >= 0.6 is 0 Å². The van der Waals surface area contributed by atoms with Gasteiger partial charge in [-0.3, -0.25) is 4.79 Å². The van der Waals surface area contributed by atoms with Gasteiger partial charge in [-0.15, -0.1) is 0 Å². The molecule has 2 aromatic rings. The minimum absolute atomic E-state index is 0.108. The number of halogens is 3. The molecule has 6 nitrogen and oxygen atoms in total. The number of hydrogen-bond donors (Lipinski definition) is 1. The van der Waals surface area contributed by atoms with Crippen LogP contribution in [0, 0.1) is 0 Å². The maximum atomic E-state index is 13.2. The zero-order valence-electron chi connectivity index (χ0n) is 16.8. The van der Waals surface area contributed by atoms with Crippen molar-refractivity contribution < 1.29 is 27.3 Å². The minimum atomic E-state index is -4.43. The molecule has 4 rings (SSSR count). The van der Waals surface area contributed by atoms with Gasteiger partial charge in [-0.25, -0.2) is 13.5 Å². The third kappa shape index (κ3) is 4.31. The van der Waals surface area contributed by atoms with E-state index < -0.39 is 34.6 Å². The first-order valence-electron chi connectivity index (χ1n) is 9.97. The molecule has 0 bridgehead atoms. The number of carboxylic acid groups (broad SMARTS) is 1. The second kappa shape index (κ2) is 8.23. The number of piperazine rings is 1. The lowest BCUT2D eigenvalue weighted by Crippen LogP contribution is -2.52. The SMILES string of the molecule is CC1CN(S(=O)c2ccc3c(c2)C(C(=O)O)CC3)CCN1c1ccc(C(F)(F)F)cn1. The summed E-state index contributed by atoms with van der Waals surface area (Å²) in [4.78, 5) is 17.9. The zero-order valence-corrected chi connectivity index (χ0v) is 17.6. The highest BCUT2D eigenvalue weighted by Crippen LogP contribution is 2.35. The summed E-state index contributed by atoms with van der Waals surface area (Å²) in [6.45, 7) is 3.26. The van der Waals surface area contributed by atoms with Gasteiger partial charge in [0.1, 0.15) is 16.8 Å². The molecule has 2 heterocycles. The number of pyridine rings is 1. The summed E-state index contributed by atoms with van der Waals surface area (Å²) in [5.41, 5.74) is 0.929. The van der Waals surface area contributed by atoms with E-state index in [4.69, 9.17) is 0 Å². The number of hydrogen-bond acceptors (Lipinski definition) is 4. The van der Waals surface area contributed by atoms with Gasteiger partial charge in [-0.1, -0.05) is 6.07 Å². The zero-order chi connectivity index (χ0) is 22.3. The van der Waals surface area contributed by atoms with E-state index in [1.165, 1.54) is 6.07 Å². The van der Waals surface area contributed by atoms with Gasteiger partial charge in [-0.2, -0.15) is 13.2 Å². The van der Waals surface area contributed by atoms with Gasteiger partial charge < -0.3 is 10.0 Å². The van der Waals surface area contributed by atoms with E-state index in [2.05, 4.69) is 4.98 Å². The second-order valence-electron chi connectivity index (χ2n) is 7.87. The molecule has 1 aromatic carbocycles. The Morgan fingerprint density at radius 3 is 2.61 bits per heavy atom. The molecule has 31 heavy (non-hydrogen) atoms. The van der Waals surface area contributed by atoms with E-state index >= 15 is 0 Å². The minimum Gasteiger partial charge on any atom is -0.481 e. The van der Waals surface area contributed by atoms with Crippen molar-refractivity contribution in [2.45, 2.75) is 42.8 Å². The van der Waals surface area contributed by atoms with Crippen LogP contribution in [0.2, 0.25) is 0 Å². The van der Waals surface area contributed by atoms with Crippen molar-refractivity contribution in [3.05, 3.63) is 53.2 Å². The van der Waals surface area contributed by atoms with Crippen molar-refractivity contribution in [3.63, 3.8) is 0 Å². The van der Waals surface area contributed by atoms with Gasteiger partial charge in [0.2, 0.25) is 0 Å². The van der Waals surface area contributed by atoms with Crippen molar-refractivity contribution in [1.29, 1.82) is 0 Å². The number of nitrogens with zero attached hydrogens (tertiary/aromatic N) is 3.